The van der Waals surface area contributed by atoms with Crippen molar-refractivity contribution in [2.24, 2.45) is 70.3 Å². The van der Waals surface area contributed by atoms with Crippen molar-refractivity contribution >= 4 is 0 Å². The van der Waals surface area contributed by atoms with Crippen LogP contribution in [0.3, 0.4) is 0 Å². The predicted octanol–water partition coefficient (Wildman–Crippen LogP) is 1.13. The Labute approximate surface area is 135 Å². The van der Waals surface area contributed by atoms with E-state index in [4.69, 9.17) is 22.9 Å². The SMILES string of the molecule is NCC1CC2CC(CN)C1C2.NCC1CC2CC1CC2CN. The molecule has 0 aromatic heterocycles. The minimum atomic E-state index is 0.808. The molecule has 6 unspecified atom stereocenters. The topological polar surface area (TPSA) is 104 Å². The molecule has 4 aliphatic rings. The van der Waals surface area contributed by atoms with Crippen molar-refractivity contribution in [1.29, 1.82) is 0 Å². The van der Waals surface area contributed by atoms with Crippen molar-refractivity contribution in [3.8, 4) is 0 Å². The van der Waals surface area contributed by atoms with Crippen molar-refractivity contribution in [2.75, 3.05) is 26.2 Å². The Morgan fingerprint density at radius 2 is 0.955 bits per heavy atom. The molecule has 0 spiro atoms. The van der Waals surface area contributed by atoms with Gasteiger partial charge in [-0.2, -0.15) is 0 Å². The van der Waals surface area contributed by atoms with Gasteiger partial charge in [-0.05, 0) is 112 Å². The van der Waals surface area contributed by atoms with Gasteiger partial charge in [-0.15, -0.1) is 0 Å². The van der Waals surface area contributed by atoms with Crippen LogP contribution < -0.4 is 22.9 Å². The third kappa shape index (κ3) is 3.08. The zero-order valence-electron chi connectivity index (χ0n) is 14.0. The average molecular weight is 309 g/mol. The van der Waals surface area contributed by atoms with E-state index in [1.807, 2.05) is 0 Å². The fourth-order valence-electron chi connectivity index (χ4n) is 6.28. The molecule has 4 aliphatic carbocycles. The van der Waals surface area contributed by atoms with E-state index in [1.54, 1.807) is 0 Å². The van der Waals surface area contributed by atoms with E-state index in [2.05, 4.69) is 0 Å². The van der Waals surface area contributed by atoms with Gasteiger partial charge in [0, 0.05) is 0 Å². The van der Waals surface area contributed by atoms with E-state index in [0.717, 1.165) is 73.5 Å². The Bertz CT molecular complexity index is 331. The monoisotopic (exact) mass is 308 g/mol. The second-order valence-electron chi connectivity index (χ2n) is 8.45. The van der Waals surface area contributed by atoms with Crippen LogP contribution in [0.1, 0.15) is 38.5 Å². The molecule has 0 saturated heterocycles. The molecule has 4 rings (SSSR count). The lowest BCUT2D eigenvalue weighted by atomic mass is 9.81. The van der Waals surface area contributed by atoms with Crippen molar-refractivity contribution < 1.29 is 0 Å². The summed E-state index contributed by atoms with van der Waals surface area (Å²) in [5.41, 5.74) is 22.7. The molecule has 8 N–H and O–H groups in total. The number of hydrogen-bond donors (Lipinski definition) is 4. The Morgan fingerprint density at radius 1 is 0.500 bits per heavy atom. The third-order valence-corrected chi connectivity index (χ3v) is 7.45. The summed E-state index contributed by atoms with van der Waals surface area (Å²) < 4.78 is 0. The van der Waals surface area contributed by atoms with Crippen molar-refractivity contribution in [3.05, 3.63) is 0 Å². The minimum Gasteiger partial charge on any atom is -0.330 e. The average Bonchev–Trinajstić information content (AvgIpc) is 3.32. The number of rotatable bonds is 4. The van der Waals surface area contributed by atoms with Crippen LogP contribution in [0.2, 0.25) is 0 Å². The van der Waals surface area contributed by atoms with Gasteiger partial charge in [0.15, 0.2) is 0 Å². The van der Waals surface area contributed by atoms with Crippen molar-refractivity contribution in [3.63, 3.8) is 0 Å². The van der Waals surface area contributed by atoms with Crippen LogP contribution in [0.4, 0.5) is 0 Å². The maximum atomic E-state index is 5.70. The van der Waals surface area contributed by atoms with Crippen molar-refractivity contribution in [2.45, 2.75) is 38.5 Å². The summed E-state index contributed by atoms with van der Waals surface area (Å²) in [5, 5.41) is 0. The van der Waals surface area contributed by atoms with Crippen LogP contribution in [-0.4, -0.2) is 26.2 Å². The van der Waals surface area contributed by atoms with Crippen LogP contribution in [0, 0.1) is 47.3 Å². The summed E-state index contributed by atoms with van der Waals surface area (Å²) in [7, 11) is 0. The van der Waals surface area contributed by atoms with E-state index in [0.29, 0.717) is 0 Å². The van der Waals surface area contributed by atoms with Gasteiger partial charge in [-0.3, -0.25) is 0 Å². The third-order valence-electron chi connectivity index (χ3n) is 7.45. The molecule has 4 heteroatoms. The molecule has 0 aliphatic heterocycles. The van der Waals surface area contributed by atoms with Gasteiger partial charge in [-0.1, -0.05) is 0 Å². The van der Waals surface area contributed by atoms with Gasteiger partial charge < -0.3 is 22.9 Å². The Hall–Kier alpha value is -0.160. The van der Waals surface area contributed by atoms with Crippen molar-refractivity contribution in [1.82, 2.24) is 0 Å². The molecular formula is C18H36N4. The molecule has 6 atom stereocenters. The second kappa shape index (κ2) is 7.16. The van der Waals surface area contributed by atoms with E-state index in [-0.39, 0.29) is 0 Å². The summed E-state index contributed by atoms with van der Waals surface area (Å²) in [6.45, 7) is 3.58. The predicted molar refractivity (Wildman–Crippen MR) is 91.8 cm³/mol. The molecule has 22 heavy (non-hydrogen) atoms. The lowest BCUT2D eigenvalue weighted by Crippen LogP contribution is -2.30. The first-order valence-electron chi connectivity index (χ1n) is 9.50. The molecule has 4 bridgehead atoms. The standard InChI is InChI=1S/2C9H18N2/c10-4-8-2-6-1-7(8)3-9(6)5-11;10-4-7-1-6-2-8(5-11)9(7)3-6/h2*6-9H,1-5,10-11H2. The Morgan fingerprint density at radius 3 is 1.27 bits per heavy atom. The number of fused-ring (bicyclic) bond motifs is 4. The molecule has 4 nitrogen and oxygen atoms in total. The highest BCUT2D eigenvalue weighted by Gasteiger charge is 2.45. The quantitative estimate of drug-likeness (QED) is 0.625. The Kier molecular flexibility index (Phi) is 5.43. The highest BCUT2D eigenvalue weighted by molar-refractivity contribution is 4.96. The first-order valence-corrected chi connectivity index (χ1v) is 9.50. The normalized spacial score (nSPS) is 48.5. The largest absolute Gasteiger partial charge is 0.330 e. The molecule has 0 heterocycles. The Balaban J connectivity index is 0.000000131. The smallest absolute Gasteiger partial charge is 0.00460 e. The fourth-order valence-corrected chi connectivity index (χ4v) is 6.28. The maximum absolute atomic E-state index is 5.70. The van der Waals surface area contributed by atoms with Crippen LogP contribution >= 0.6 is 0 Å². The van der Waals surface area contributed by atoms with Crippen LogP contribution in [0.15, 0.2) is 0 Å². The molecule has 0 radical (unpaired) electrons. The summed E-state index contributed by atoms with van der Waals surface area (Å²) in [6, 6.07) is 0. The lowest BCUT2D eigenvalue weighted by Gasteiger charge is -2.27. The van der Waals surface area contributed by atoms with Gasteiger partial charge in [0.25, 0.3) is 0 Å². The van der Waals surface area contributed by atoms with E-state index in [1.165, 1.54) is 38.5 Å². The van der Waals surface area contributed by atoms with Crippen LogP contribution in [0.5, 0.6) is 0 Å². The first kappa shape index (κ1) is 16.7. The second-order valence-corrected chi connectivity index (χ2v) is 8.45. The molecule has 0 aromatic rings. The number of nitrogens with two attached hydrogens (primary N) is 4. The summed E-state index contributed by atoms with van der Waals surface area (Å²) in [6.07, 6.45) is 8.34. The highest BCUT2D eigenvalue weighted by Crippen LogP contribution is 2.51. The fraction of sp³-hybridized carbons (Fsp3) is 1.00. The molecule has 4 saturated carbocycles. The van der Waals surface area contributed by atoms with Gasteiger partial charge in [0.2, 0.25) is 0 Å². The van der Waals surface area contributed by atoms with Gasteiger partial charge in [-0.25, -0.2) is 0 Å². The van der Waals surface area contributed by atoms with Gasteiger partial charge in [0.05, 0.1) is 0 Å². The first-order chi connectivity index (χ1) is 10.7. The zero-order valence-corrected chi connectivity index (χ0v) is 14.0. The summed E-state index contributed by atoms with van der Waals surface area (Å²) in [5.74, 6) is 7.00. The lowest BCUT2D eigenvalue weighted by molar-refractivity contribution is 0.249. The maximum Gasteiger partial charge on any atom is -0.00460 e. The highest BCUT2D eigenvalue weighted by atomic mass is 14.7. The summed E-state index contributed by atoms with van der Waals surface area (Å²) in [4.78, 5) is 0. The van der Waals surface area contributed by atoms with Crippen LogP contribution in [-0.2, 0) is 0 Å². The van der Waals surface area contributed by atoms with Crippen LogP contribution in [0.25, 0.3) is 0 Å². The van der Waals surface area contributed by atoms with E-state index < -0.39 is 0 Å². The minimum absolute atomic E-state index is 0.808. The van der Waals surface area contributed by atoms with E-state index >= 15 is 0 Å². The zero-order chi connectivity index (χ0) is 15.7. The van der Waals surface area contributed by atoms with E-state index in [9.17, 15) is 0 Å². The molecule has 4 fully saturated rings. The molecule has 0 amide bonds. The van der Waals surface area contributed by atoms with Gasteiger partial charge >= 0.3 is 0 Å². The molecule has 0 aromatic carbocycles. The number of hydrogen-bond acceptors (Lipinski definition) is 4. The molecular weight excluding hydrogens is 272 g/mol. The summed E-state index contributed by atoms with van der Waals surface area (Å²) >= 11 is 0. The van der Waals surface area contributed by atoms with Gasteiger partial charge in [0.1, 0.15) is 0 Å². The molecule has 128 valence electrons.